The summed E-state index contributed by atoms with van der Waals surface area (Å²) < 4.78 is 25.9. The molecule has 0 spiro atoms. The van der Waals surface area contributed by atoms with E-state index in [1.807, 2.05) is 0 Å². The van der Waals surface area contributed by atoms with Crippen molar-refractivity contribution in [2.24, 2.45) is 0 Å². The Hall–Kier alpha value is -1.46. The predicted octanol–water partition coefficient (Wildman–Crippen LogP) is 0.377. The molecule has 0 aromatic carbocycles. The molecule has 0 fully saturated rings. The van der Waals surface area contributed by atoms with Gasteiger partial charge in [0.05, 0.1) is 6.54 Å². The van der Waals surface area contributed by atoms with E-state index in [0.717, 1.165) is 40.4 Å². The summed E-state index contributed by atoms with van der Waals surface area (Å²) in [5.41, 5.74) is 2.29. The molecule has 0 saturated heterocycles. The van der Waals surface area contributed by atoms with Crippen LogP contribution in [0.15, 0.2) is 16.3 Å². The standard InChI is InChI=1S/C13H17N5O3S2.ClH/c1-14-23(20,21)11-3-2-8(22-11)6-16-13(19)12-9-7-15-5-4-10(9)17-18-12;/h2-3,14-15H,4-7H2,1H3,(H,16,19)(H,17,18);1H. The van der Waals surface area contributed by atoms with Crippen LogP contribution in [-0.4, -0.2) is 38.1 Å². The van der Waals surface area contributed by atoms with Gasteiger partial charge in [-0.05, 0) is 19.2 Å². The van der Waals surface area contributed by atoms with Crippen LogP contribution in [-0.2, 0) is 29.5 Å². The van der Waals surface area contributed by atoms with Crippen molar-refractivity contribution in [2.75, 3.05) is 13.6 Å². The average Bonchev–Trinajstić information content (AvgIpc) is 3.20. The van der Waals surface area contributed by atoms with E-state index >= 15 is 0 Å². The van der Waals surface area contributed by atoms with Crippen LogP contribution in [0.5, 0.6) is 0 Å². The highest BCUT2D eigenvalue weighted by Gasteiger charge is 2.21. The van der Waals surface area contributed by atoms with Gasteiger partial charge < -0.3 is 10.6 Å². The van der Waals surface area contributed by atoms with Gasteiger partial charge in [-0.1, -0.05) is 0 Å². The van der Waals surface area contributed by atoms with Crippen LogP contribution >= 0.6 is 23.7 Å². The van der Waals surface area contributed by atoms with Crippen LogP contribution < -0.4 is 15.4 Å². The zero-order valence-corrected chi connectivity index (χ0v) is 15.3. The lowest BCUT2D eigenvalue weighted by atomic mass is 10.1. The molecule has 0 atom stereocenters. The largest absolute Gasteiger partial charge is 0.346 e. The van der Waals surface area contributed by atoms with Crippen molar-refractivity contribution < 1.29 is 13.2 Å². The van der Waals surface area contributed by atoms with Crippen molar-refractivity contribution in [3.05, 3.63) is 34.0 Å². The summed E-state index contributed by atoms with van der Waals surface area (Å²) in [5.74, 6) is -0.266. The molecule has 0 saturated carbocycles. The zero-order valence-electron chi connectivity index (χ0n) is 12.9. The van der Waals surface area contributed by atoms with Gasteiger partial charge in [0.15, 0.2) is 5.69 Å². The van der Waals surface area contributed by atoms with E-state index in [2.05, 4.69) is 25.6 Å². The molecule has 4 N–H and O–H groups in total. The number of hydrogen-bond donors (Lipinski definition) is 4. The van der Waals surface area contributed by atoms with Gasteiger partial charge in [0, 0.05) is 35.6 Å². The van der Waals surface area contributed by atoms with Crippen LogP contribution in [0, 0.1) is 0 Å². The number of halogens is 1. The highest BCUT2D eigenvalue weighted by molar-refractivity contribution is 7.91. The van der Waals surface area contributed by atoms with Crippen molar-refractivity contribution in [3.63, 3.8) is 0 Å². The quantitative estimate of drug-likeness (QED) is 0.588. The lowest BCUT2D eigenvalue weighted by Gasteiger charge is -2.12. The third kappa shape index (κ3) is 3.78. The minimum absolute atomic E-state index is 0. The topological polar surface area (TPSA) is 116 Å². The fourth-order valence-corrected chi connectivity index (χ4v) is 4.50. The van der Waals surface area contributed by atoms with Gasteiger partial charge in [-0.2, -0.15) is 5.10 Å². The number of carbonyl (C=O) groups is 1. The Bertz CT molecular complexity index is 831. The minimum atomic E-state index is -3.44. The number of aromatic nitrogens is 2. The summed E-state index contributed by atoms with van der Waals surface area (Å²) in [6, 6.07) is 3.22. The summed E-state index contributed by atoms with van der Waals surface area (Å²) in [6.07, 6.45) is 0.825. The number of sulfonamides is 1. The summed E-state index contributed by atoms with van der Waals surface area (Å²) in [4.78, 5) is 13.0. The molecule has 0 unspecified atom stereocenters. The molecule has 11 heteroatoms. The Kier molecular flexibility index (Phi) is 5.99. The number of nitrogens with zero attached hydrogens (tertiary/aromatic N) is 1. The smallest absolute Gasteiger partial charge is 0.272 e. The summed E-state index contributed by atoms with van der Waals surface area (Å²) in [6.45, 7) is 1.75. The number of amides is 1. The molecule has 24 heavy (non-hydrogen) atoms. The molecule has 1 aliphatic heterocycles. The van der Waals surface area contributed by atoms with E-state index in [1.54, 1.807) is 6.07 Å². The first-order valence-electron chi connectivity index (χ1n) is 7.08. The maximum Gasteiger partial charge on any atom is 0.272 e. The molecule has 0 aliphatic carbocycles. The number of fused-ring (bicyclic) bond motifs is 1. The lowest BCUT2D eigenvalue weighted by molar-refractivity contribution is 0.0945. The Morgan fingerprint density at radius 2 is 2.21 bits per heavy atom. The van der Waals surface area contributed by atoms with Gasteiger partial charge >= 0.3 is 0 Å². The maximum absolute atomic E-state index is 12.3. The number of thiophene rings is 1. The minimum Gasteiger partial charge on any atom is -0.346 e. The van der Waals surface area contributed by atoms with E-state index in [4.69, 9.17) is 0 Å². The van der Waals surface area contributed by atoms with Gasteiger partial charge in [-0.15, -0.1) is 23.7 Å². The molecule has 2 aromatic heterocycles. The molecule has 1 amide bonds. The second-order valence-corrected chi connectivity index (χ2v) is 8.35. The highest BCUT2D eigenvalue weighted by Crippen LogP contribution is 2.21. The monoisotopic (exact) mass is 391 g/mol. The average molecular weight is 392 g/mol. The summed E-state index contributed by atoms with van der Waals surface area (Å²) >= 11 is 1.13. The molecule has 1 aliphatic rings. The number of H-pyrrole nitrogens is 1. The molecular weight excluding hydrogens is 374 g/mol. The van der Waals surface area contributed by atoms with Crippen molar-refractivity contribution in [2.45, 2.75) is 23.7 Å². The van der Waals surface area contributed by atoms with Gasteiger partial charge in [0.1, 0.15) is 4.21 Å². The Morgan fingerprint density at radius 1 is 1.42 bits per heavy atom. The van der Waals surface area contributed by atoms with E-state index in [1.165, 1.54) is 13.1 Å². The Balaban J connectivity index is 0.00000208. The van der Waals surface area contributed by atoms with Gasteiger partial charge in [-0.25, -0.2) is 13.1 Å². The van der Waals surface area contributed by atoms with Gasteiger partial charge in [0.25, 0.3) is 5.91 Å². The molecule has 132 valence electrons. The van der Waals surface area contributed by atoms with Crippen molar-refractivity contribution in [3.8, 4) is 0 Å². The molecule has 2 aromatic rings. The highest BCUT2D eigenvalue weighted by atomic mass is 35.5. The molecule has 0 bridgehead atoms. The van der Waals surface area contributed by atoms with E-state index in [9.17, 15) is 13.2 Å². The first kappa shape index (κ1) is 18.9. The Labute approximate surface area is 149 Å². The normalized spacial score (nSPS) is 13.9. The number of rotatable bonds is 5. The van der Waals surface area contributed by atoms with Crippen molar-refractivity contribution in [1.82, 2.24) is 25.6 Å². The van der Waals surface area contributed by atoms with E-state index < -0.39 is 10.0 Å². The fourth-order valence-electron chi connectivity index (χ4n) is 2.36. The van der Waals surface area contributed by atoms with Crippen molar-refractivity contribution >= 4 is 39.7 Å². The summed E-state index contributed by atoms with van der Waals surface area (Å²) in [7, 11) is -2.07. The molecular formula is C13H18ClN5O3S2. The second kappa shape index (κ2) is 7.62. The second-order valence-electron chi connectivity index (χ2n) is 5.07. The number of hydrogen-bond acceptors (Lipinski definition) is 6. The third-order valence-corrected chi connectivity index (χ3v) is 6.61. The van der Waals surface area contributed by atoms with Crippen LogP contribution in [0.25, 0.3) is 0 Å². The first-order valence-corrected chi connectivity index (χ1v) is 9.38. The van der Waals surface area contributed by atoms with Crippen molar-refractivity contribution in [1.29, 1.82) is 0 Å². The molecule has 0 radical (unpaired) electrons. The first-order chi connectivity index (χ1) is 11.0. The Morgan fingerprint density at radius 3 is 2.96 bits per heavy atom. The third-order valence-electron chi connectivity index (χ3n) is 3.62. The number of carbonyl (C=O) groups excluding carboxylic acids is 1. The van der Waals surface area contributed by atoms with Gasteiger partial charge in [-0.3, -0.25) is 9.89 Å². The zero-order chi connectivity index (χ0) is 16.4. The van der Waals surface area contributed by atoms with Crippen LogP contribution in [0.1, 0.15) is 26.6 Å². The SMILES string of the molecule is CNS(=O)(=O)c1ccc(CNC(=O)c2n[nH]c3c2CNCC3)s1.Cl. The summed E-state index contributed by atoms with van der Waals surface area (Å²) in [5, 5.41) is 13.0. The number of nitrogens with one attached hydrogen (secondary N) is 4. The van der Waals surface area contributed by atoms with Crippen LogP contribution in [0.4, 0.5) is 0 Å². The van der Waals surface area contributed by atoms with E-state index in [0.29, 0.717) is 12.2 Å². The predicted molar refractivity (Wildman–Crippen MR) is 93.0 cm³/mol. The van der Waals surface area contributed by atoms with Crippen LogP contribution in [0.3, 0.4) is 0 Å². The molecule has 8 nitrogen and oxygen atoms in total. The van der Waals surface area contributed by atoms with E-state index in [-0.39, 0.29) is 29.1 Å². The molecule has 3 heterocycles. The maximum atomic E-state index is 12.3. The number of aromatic amines is 1. The fraction of sp³-hybridized carbons (Fsp3) is 0.385. The van der Waals surface area contributed by atoms with Gasteiger partial charge in [0.2, 0.25) is 10.0 Å². The van der Waals surface area contributed by atoms with Crippen LogP contribution in [0.2, 0.25) is 0 Å². The molecule has 3 rings (SSSR count). The lowest BCUT2D eigenvalue weighted by Crippen LogP contribution is -2.28.